The predicted molar refractivity (Wildman–Crippen MR) is 43.8 cm³/mol. The van der Waals surface area contributed by atoms with E-state index in [2.05, 4.69) is 0 Å². The number of hydrogen-bond donors (Lipinski definition) is 1. The predicted octanol–water partition coefficient (Wildman–Crippen LogP) is 0.357. The second kappa shape index (κ2) is 2.56. The number of Topliss-reactive ketones (excluding diaryl/α,β-unsaturated/α-hetero) is 1. The minimum absolute atomic E-state index is 0.0235. The van der Waals surface area contributed by atoms with Crippen molar-refractivity contribution >= 4 is 5.78 Å². The summed E-state index contributed by atoms with van der Waals surface area (Å²) in [7, 11) is 0. The first kappa shape index (κ1) is 8.72. The first-order valence-electron chi connectivity index (χ1n) is 4.26. The summed E-state index contributed by atoms with van der Waals surface area (Å²) in [4.78, 5) is 11.4. The van der Waals surface area contributed by atoms with E-state index >= 15 is 0 Å². The standard InChI is InChI=1S/C9H12O4/c1-9(2)12-7-5(4-10)3-6(11)8(7)13-9/h8,10H,3-4H2,1-2H3/t8-/m0/s1. The molecular formula is C9H12O4. The first-order chi connectivity index (χ1) is 6.03. The zero-order chi connectivity index (χ0) is 9.64. The number of hydrogen-bond acceptors (Lipinski definition) is 4. The van der Waals surface area contributed by atoms with E-state index in [-0.39, 0.29) is 18.8 Å². The fourth-order valence-corrected chi connectivity index (χ4v) is 1.67. The molecule has 13 heavy (non-hydrogen) atoms. The summed E-state index contributed by atoms with van der Waals surface area (Å²) in [5.41, 5.74) is 0.653. The van der Waals surface area contributed by atoms with Gasteiger partial charge in [0.15, 0.2) is 11.9 Å². The third-order valence-corrected chi connectivity index (χ3v) is 2.21. The number of fused-ring (bicyclic) bond motifs is 1. The highest BCUT2D eigenvalue weighted by molar-refractivity contribution is 5.91. The Hall–Kier alpha value is -0.870. The summed E-state index contributed by atoms with van der Waals surface area (Å²) in [6.07, 6.45) is -0.316. The lowest BCUT2D eigenvalue weighted by Gasteiger charge is -2.17. The lowest BCUT2D eigenvalue weighted by Crippen LogP contribution is -2.25. The van der Waals surface area contributed by atoms with Crippen LogP contribution in [0.2, 0.25) is 0 Å². The van der Waals surface area contributed by atoms with Gasteiger partial charge in [-0.1, -0.05) is 0 Å². The second-order valence-corrected chi connectivity index (χ2v) is 3.77. The molecule has 4 nitrogen and oxygen atoms in total. The highest BCUT2D eigenvalue weighted by Crippen LogP contribution is 2.38. The van der Waals surface area contributed by atoms with Crippen LogP contribution in [-0.2, 0) is 14.3 Å². The molecular weight excluding hydrogens is 172 g/mol. The zero-order valence-electron chi connectivity index (χ0n) is 7.66. The highest BCUT2D eigenvalue weighted by atomic mass is 16.7. The number of carbonyl (C=O) groups excluding carboxylic acids is 1. The van der Waals surface area contributed by atoms with E-state index in [9.17, 15) is 4.79 Å². The summed E-state index contributed by atoms with van der Waals surface area (Å²) < 4.78 is 10.8. The second-order valence-electron chi connectivity index (χ2n) is 3.77. The van der Waals surface area contributed by atoms with Gasteiger partial charge in [0.2, 0.25) is 5.79 Å². The molecule has 4 heteroatoms. The van der Waals surface area contributed by atoms with Crippen LogP contribution in [0, 0.1) is 0 Å². The average molecular weight is 184 g/mol. The van der Waals surface area contributed by atoms with Crippen LogP contribution in [0.1, 0.15) is 20.3 Å². The summed E-state index contributed by atoms with van der Waals surface area (Å²) in [6, 6.07) is 0. The molecule has 1 aliphatic carbocycles. The number of aliphatic hydroxyl groups excluding tert-OH is 1. The number of aliphatic hydroxyl groups is 1. The molecule has 1 fully saturated rings. The molecule has 1 saturated heterocycles. The van der Waals surface area contributed by atoms with Crippen molar-refractivity contribution in [2.24, 2.45) is 0 Å². The van der Waals surface area contributed by atoms with Crippen LogP contribution in [-0.4, -0.2) is 29.4 Å². The number of ether oxygens (including phenoxy) is 2. The number of rotatable bonds is 1. The quantitative estimate of drug-likeness (QED) is 0.639. The molecule has 0 spiro atoms. The van der Waals surface area contributed by atoms with Gasteiger partial charge in [0, 0.05) is 25.8 Å². The van der Waals surface area contributed by atoms with Gasteiger partial charge in [-0.05, 0) is 0 Å². The van der Waals surface area contributed by atoms with Gasteiger partial charge in [-0.25, -0.2) is 0 Å². The normalized spacial score (nSPS) is 30.7. The third kappa shape index (κ3) is 1.26. The Labute approximate surface area is 76.1 Å². The van der Waals surface area contributed by atoms with Crippen molar-refractivity contribution in [3.8, 4) is 0 Å². The Morgan fingerprint density at radius 1 is 1.62 bits per heavy atom. The van der Waals surface area contributed by atoms with Crippen LogP contribution in [0.3, 0.4) is 0 Å². The van der Waals surface area contributed by atoms with Gasteiger partial charge in [-0.2, -0.15) is 0 Å². The van der Waals surface area contributed by atoms with Gasteiger partial charge >= 0.3 is 0 Å². The summed E-state index contributed by atoms with van der Waals surface area (Å²) in [5.74, 6) is -0.238. The fourth-order valence-electron chi connectivity index (χ4n) is 1.67. The molecule has 2 rings (SSSR count). The van der Waals surface area contributed by atoms with Crippen molar-refractivity contribution in [3.63, 3.8) is 0 Å². The largest absolute Gasteiger partial charge is 0.464 e. The zero-order valence-corrected chi connectivity index (χ0v) is 7.66. The molecule has 0 saturated carbocycles. The smallest absolute Gasteiger partial charge is 0.205 e. The van der Waals surface area contributed by atoms with Gasteiger partial charge in [0.05, 0.1) is 6.61 Å². The Morgan fingerprint density at radius 2 is 2.31 bits per heavy atom. The topological polar surface area (TPSA) is 55.8 Å². The maximum absolute atomic E-state index is 11.4. The van der Waals surface area contributed by atoms with Gasteiger partial charge in [0.1, 0.15) is 5.76 Å². The van der Waals surface area contributed by atoms with E-state index in [0.717, 1.165) is 0 Å². The summed E-state index contributed by atoms with van der Waals surface area (Å²) >= 11 is 0. The SMILES string of the molecule is CC1(C)OC2=C(CO)CC(=O)[C@@H]2O1. The molecule has 0 radical (unpaired) electrons. The molecule has 0 unspecified atom stereocenters. The Balaban J connectivity index is 2.33. The van der Waals surface area contributed by atoms with E-state index in [1.165, 1.54) is 0 Å². The van der Waals surface area contributed by atoms with Crippen LogP contribution in [0.4, 0.5) is 0 Å². The van der Waals surface area contributed by atoms with Crippen molar-refractivity contribution in [3.05, 3.63) is 11.3 Å². The van der Waals surface area contributed by atoms with Crippen LogP contribution >= 0.6 is 0 Å². The molecule has 1 aliphatic heterocycles. The highest BCUT2D eigenvalue weighted by Gasteiger charge is 2.47. The van der Waals surface area contributed by atoms with Crippen molar-refractivity contribution in [2.75, 3.05) is 6.61 Å². The van der Waals surface area contributed by atoms with Crippen molar-refractivity contribution < 1.29 is 19.4 Å². The lowest BCUT2D eigenvalue weighted by molar-refractivity contribution is -0.151. The Morgan fingerprint density at radius 3 is 2.92 bits per heavy atom. The fraction of sp³-hybridized carbons (Fsp3) is 0.667. The lowest BCUT2D eigenvalue weighted by atomic mass is 10.2. The third-order valence-electron chi connectivity index (χ3n) is 2.21. The minimum atomic E-state index is -0.740. The summed E-state index contributed by atoms with van der Waals surface area (Å²) in [6.45, 7) is 3.37. The molecule has 0 aromatic rings. The van der Waals surface area contributed by atoms with Crippen LogP contribution in [0.25, 0.3) is 0 Å². The molecule has 2 aliphatic rings. The molecule has 0 bridgehead atoms. The van der Waals surface area contributed by atoms with Crippen LogP contribution in [0.15, 0.2) is 11.3 Å². The van der Waals surface area contributed by atoms with E-state index in [1.807, 2.05) is 0 Å². The molecule has 0 amide bonds. The number of ketones is 1. The van der Waals surface area contributed by atoms with E-state index in [1.54, 1.807) is 13.8 Å². The monoisotopic (exact) mass is 184 g/mol. The van der Waals surface area contributed by atoms with Gasteiger partial charge in [-0.3, -0.25) is 4.79 Å². The van der Waals surface area contributed by atoms with Crippen molar-refractivity contribution in [1.82, 2.24) is 0 Å². The molecule has 0 aromatic heterocycles. The van der Waals surface area contributed by atoms with E-state index < -0.39 is 11.9 Å². The van der Waals surface area contributed by atoms with Gasteiger partial charge in [0.25, 0.3) is 0 Å². The Bertz CT molecular complexity index is 290. The number of carbonyl (C=O) groups is 1. The molecule has 1 atom stereocenters. The van der Waals surface area contributed by atoms with E-state index in [4.69, 9.17) is 14.6 Å². The van der Waals surface area contributed by atoms with Crippen molar-refractivity contribution in [1.29, 1.82) is 0 Å². The molecule has 0 aromatic carbocycles. The molecule has 1 N–H and O–H groups in total. The van der Waals surface area contributed by atoms with Crippen LogP contribution in [0.5, 0.6) is 0 Å². The van der Waals surface area contributed by atoms with Crippen LogP contribution < -0.4 is 0 Å². The van der Waals surface area contributed by atoms with Gasteiger partial charge in [-0.15, -0.1) is 0 Å². The average Bonchev–Trinajstić information content (AvgIpc) is 2.47. The molecule has 1 heterocycles. The van der Waals surface area contributed by atoms with Gasteiger partial charge < -0.3 is 14.6 Å². The first-order valence-corrected chi connectivity index (χ1v) is 4.26. The minimum Gasteiger partial charge on any atom is -0.464 e. The van der Waals surface area contributed by atoms with E-state index in [0.29, 0.717) is 11.3 Å². The molecule has 72 valence electrons. The Kier molecular flexibility index (Phi) is 1.72. The maximum Gasteiger partial charge on any atom is 0.205 e. The van der Waals surface area contributed by atoms with Crippen molar-refractivity contribution in [2.45, 2.75) is 32.2 Å². The maximum atomic E-state index is 11.4. The summed E-state index contributed by atoms with van der Waals surface area (Å²) in [5, 5.41) is 8.96.